The molecule has 0 saturated carbocycles. The van der Waals surface area contributed by atoms with E-state index in [2.05, 4.69) is 33.4 Å². The van der Waals surface area contributed by atoms with Gasteiger partial charge in [-0.3, -0.25) is 5.84 Å². The van der Waals surface area contributed by atoms with Crippen molar-refractivity contribution in [2.24, 2.45) is 5.84 Å². The van der Waals surface area contributed by atoms with Crippen molar-refractivity contribution in [2.45, 2.75) is 25.8 Å². The van der Waals surface area contributed by atoms with E-state index in [-0.39, 0.29) is 6.04 Å². The molecule has 0 radical (unpaired) electrons. The average molecular weight is 254 g/mol. The minimum Gasteiger partial charge on any atom is -0.271 e. The summed E-state index contributed by atoms with van der Waals surface area (Å²) in [6.45, 7) is 2.14. The standard InChI is InChI=1S/C10H14N4S2/c1-2-3-8-10(16-14-13-8)9(12-11)7-4-5-15-6-7/h4-6,9,12H,2-3,11H2,1H3. The number of hydrogen-bond donors (Lipinski definition) is 2. The van der Waals surface area contributed by atoms with E-state index in [0.29, 0.717) is 0 Å². The molecular weight excluding hydrogens is 240 g/mol. The van der Waals surface area contributed by atoms with Gasteiger partial charge in [-0.1, -0.05) is 17.8 Å². The summed E-state index contributed by atoms with van der Waals surface area (Å²) in [6.07, 6.45) is 2.02. The van der Waals surface area contributed by atoms with Crippen molar-refractivity contribution < 1.29 is 0 Å². The fourth-order valence-electron chi connectivity index (χ4n) is 1.61. The molecule has 86 valence electrons. The van der Waals surface area contributed by atoms with E-state index in [9.17, 15) is 0 Å². The molecule has 0 saturated heterocycles. The third kappa shape index (κ3) is 2.30. The third-order valence-electron chi connectivity index (χ3n) is 2.38. The fraction of sp³-hybridized carbons (Fsp3) is 0.400. The molecule has 0 aliphatic carbocycles. The first kappa shape index (κ1) is 11.7. The van der Waals surface area contributed by atoms with Crippen molar-refractivity contribution >= 4 is 22.9 Å². The van der Waals surface area contributed by atoms with Gasteiger partial charge in [0.25, 0.3) is 0 Å². The summed E-state index contributed by atoms with van der Waals surface area (Å²) in [5, 5.41) is 8.31. The third-order valence-corrected chi connectivity index (χ3v) is 3.91. The number of nitrogens with zero attached hydrogens (tertiary/aromatic N) is 2. The van der Waals surface area contributed by atoms with Gasteiger partial charge >= 0.3 is 0 Å². The number of hydrazine groups is 1. The molecule has 4 nitrogen and oxygen atoms in total. The summed E-state index contributed by atoms with van der Waals surface area (Å²) < 4.78 is 4.02. The Hall–Kier alpha value is -0.820. The van der Waals surface area contributed by atoms with Crippen LogP contribution in [0.3, 0.4) is 0 Å². The molecule has 0 fully saturated rings. The Morgan fingerprint density at radius 3 is 3.06 bits per heavy atom. The van der Waals surface area contributed by atoms with E-state index >= 15 is 0 Å². The Bertz CT molecular complexity index is 424. The van der Waals surface area contributed by atoms with E-state index in [4.69, 9.17) is 5.84 Å². The van der Waals surface area contributed by atoms with Crippen LogP contribution in [0.25, 0.3) is 0 Å². The maximum atomic E-state index is 5.63. The number of nitrogens with one attached hydrogen (secondary N) is 1. The number of rotatable bonds is 5. The summed E-state index contributed by atoms with van der Waals surface area (Å²) >= 11 is 3.09. The van der Waals surface area contributed by atoms with Crippen molar-refractivity contribution in [1.82, 2.24) is 15.0 Å². The molecule has 1 unspecified atom stereocenters. The Kier molecular flexibility index (Phi) is 4.00. The Morgan fingerprint density at radius 1 is 1.56 bits per heavy atom. The molecule has 0 spiro atoms. The molecule has 2 aromatic heterocycles. The molecule has 6 heteroatoms. The Balaban J connectivity index is 2.30. The van der Waals surface area contributed by atoms with E-state index < -0.39 is 0 Å². The molecule has 0 bridgehead atoms. The highest BCUT2D eigenvalue weighted by Gasteiger charge is 2.19. The molecule has 0 aliphatic rings. The van der Waals surface area contributed by atoms with Crippen LogP contribution in [0.1, 0.15) is 35.5 Å². The van der Waals surface area contributed by atoms with Gasteiger partial charge < -0.3 is 0 Å². The zero-order chi connectivity index (χ0) is 11.4. The minimum absolute atomic E-state index is 0.0211. The number of hydrogen-bond acceptors (Lipinski definition) is 6. The van der Waals surface area contributed by atoms with Crippen LogP contribution in [0, 0.1) is 0 Å². The van der Waals surface area contributed by atoms with Crippen molar-refractivity contribution in [1.29, 1.82) is 0 Å². The lowest BCUT2D eigenvalue weighted by atomic mass is 10.1. The molecule has 0 amide bonds. The molecule has 3 N–H and O–H groups in total. The van der Waals surface area contributed by atoms with E-state index in [0.717, 1.165) is 23.4 Å². The highest BCUT2D eigenvalue weighted by atomic mass is 32.1. The zero-order valence-corrected chi connectivity index (χ0v) is 10.6. The second kappa shape index (κ2) is 5.49. The maximum Gasteiger partial charge on any atom is 0.0845 e. The van der Waals surface area contributed by atoms with Gasteiger partial charge in [0, 0.05) is 0 Å². The Morgan fingerprint density at radius 2 is 2.44 bits per heavy atom. The van der Waals surface area contributed by atoms with Crippen LogP contribution >= 0.6 is 22.9 Å². The summed E-state index contributed by atoms with van der Waals surface area (Å²) in [7, 11) is 0. The van der Waals surface area contributed by atoms with Crippen molar-refractivity contribution in [2.75, 3.05) is 0 Å². The first-order chi connectivity index (χ1) is 7.86. The van der Waals surface area contributed by atoms with Gasteiger partial charge in [0.1, 0.15) is 0 Å². The SMILES string of the molecule is CCCc1nnsc1C(NN)c1ccsc1. The molecule has 0 aromatic carbocycles. The van der Waals surface area contributed by atoms with E-state index in [1.54, 1.807) is 11.3 Å². The summed E-state index contributed by atoms with van der Waals surface area (Å²) in [4.78, 5) is 1.13. The normalized spacial score (nSPS) is 12.9. The predicted molar refractivity (Wildman–Crippen MR) is 67.4 cm³/mol. The average Bonchev–Trinajstić information content (AvgIpc) is 2.92. The Labute approximate surface area is 103 Å². The van der Waals surface area contributed by atoms with Gasteiger partial charge in [-0.15, -0.1) is 5.10 Å². The molecule has 16 heavy (non-hydrogen) atoms. The van der Waals surface area contributed by atoms with Crippen LogP contribution in [0.5, 0.6) is 0 Å². The van der Waals surface area contributed by atoms with E-state index in [1.807, 2.05) is 5.38 Å². The van der Waals surface area contributed by atoms with Gasteiger partial charge in [0.2, 0.25) is 0 Å². The van der Waals surface area contributed by atoms with Crippen LogP contribution in [0.15, 0.2) is 16.8 Å². The summed E-state index contributed by atoms with van der Waals surface area (Å²) in [5.74, 6) is 5.63. The summed E-state index contributed by atoms with van der Waals surface area (Å²) in [5.41, 5.74) is 5.08. The lowest BCUT2D eigenvalue weighted by molar-refractivity contribution is 0.638. The second-order valence-corrected chi connectivity index (χ2v) is 5.06. The number of thiophene rings is 1. The van der Waals surface area contributed by atoms with Gasteiger partial charge in [-0.05, 0) is 40.3 Å². The first-order valence-electron chi connectivity index (χ1n) is 5.16. The maximum absolute atomic E-state index is 5.63. The van der Waals surface area contributed by atoms with Crippen LogP contribution in [-0.4, -0.2) is 9.59 Å². The van der Waals surface area contributed by atoms with Crippen LogP contribution in [0.2, 0.25) is 0 Å². The molecule has 2 aromatic rings. The topological polar surface area (TPSA) is 63.8 Å². The van der Waals surface area contributed by atoms with Gasteiger partial charge in [-0.25, -0.2) is 5.43 Å². The van der Waals surface area contributed by atoms with Crippen molar-refractivity contribution in [3.63, 3.8) is 0 Å². The number of nitrogens with two attached hydrogens (primary N) is 1. The lowest BCUT2D eigenvalue weighted by Gasteiger charge is -2.13. The molecule has 2 rings (SSSR count). The monoisotopic (exact) mass is 254 g/mol. The lowest BCUT2D eigenvalue weighted by Crippen LogP contribution is -2.28. The smallest absolute Gasteiger partial charge is 0.0845 e. The number of aromatic nitrogens is 2. The molecule has 2 heterocycles. The summed E-state index contributed by atoms with van der Waals surface area (Å²) in [6, 6.07) is 2.10. The van der Waals surface area contributed by atoms with Gasteiger partial charge in [0.05, 0.1) is 16.6 Å². The van der Waals surface area contributed by atoms with Crippen LogP contribution < -0.4 is 11.3 Å². The largest absolute Gasteiger partial charge is 0.271 e. The second-order valence-electron chi connectivity index (χ2n) is 3.49. The quantitative estimate of drug-likeness (QED) is 0.633. The van der Waals surface area contributed by atoms with Gasteiger partial charge in [0.15, 0.2) is 0 Å². The van der Waals surface area contributed by atoms with Crippen molar-refractivity contribution in [3.8, 4) is 0 Å². The van der Waals surface area contributed by atoms with Crippen molar-refractivity contribution in [3.05, 3.63) is 33.0 Å². The first-order valence-corrected chi connectivity index (χ1v) is 6.87. The predicted octanol–water partition coefficient (Wildman–Crippen LogP) is 2.10. The number of aryl methyl sites for hydroxylation is 1. The highest BCUT2D eigenvalue weighted by Crippen LogP contribution is 2.28. The highest BCUT2D eigenvalue weighted by molar-refractivity contribution is 7.08. The van der Waals surface area contributed by atoms with Crippen LogP contribution in [-0.2, 0) is 6.42 Å². The molecule has 0 aliphatic heterocycles. The minimum atomic E-state index is 0.0211. The fourth-order valence-corrected chi connectivity index (χ4v) is 3.08. The molecular formula is C10H14N4S2. The van der Waals surface area contributed by atoms with E-state index in [1.165, 1.54) is 17.1 Å². The molecule has 1 atom stereocenters. The van der Waals surface area contributed by atoms with Gasteiger partial charge in [-0.2, -0.15) is 11.3 Å². The zero-order valence-electron chi connectivity index (χ0n) is 9.01. The van der Waals surface area contributed by atoms with Crippen LogP contribution in [0.4, 0.5) is 0 Å².